The number of rotatable bonds is 4. The Balaban J connectivity index is 2.03. The molecule has 2 rings (SSSR count). The number of hydrogen-bond acceptors (Lipinski definition) is 5. The number of carbonyl (C=O) groups is 2. The van der Waals surface area contributed by atoms with Gasteiger partial charge in [0.15, 0.2) is 12.2 Å². The summed E-state index contributed by atoms with van der Waals surface area (Å²) < 4.78 is 15.2. The van der Waals surface area contributed by atoms with Crippen LogP contribution in [0.3, 0.4) is 0 Å². The van der Waals surface area contributed by atoms with Crippen LogP contribution in [0.1, 0.15) is 10.4 Å². The fourth-order valence-corrected chi connectivity index (χ4v) is 2.30. The molecule has 0 spiro atoms. The zero-order valence-electron chi connectivity index (χ0n) is 10.2. The van der Waals surface area contributed by atoms with Gasteiger partial charge >= 0.3 is 11.9 Å². The van der Waals surface area contributed by atoms with E-state index in [1.54, 1.807) is 24.3 Å². The second-order valence-corrected chi connectivity index (χ2v) is 4.66. The average Bonchev–Trinajstić information content (AvgIpc) is 2.44. The van der Waals surface area contributed by atoms with Crippen LogP contribution in [-0.4, -0.2) is 42.7 Å². The highest BCUT2D eigenvalue weighted by atomic mass is 79.9. The highest BCUT2D eigenvalue weighted by Crippen LogP contribution is 2.28. The third-order valence-electron chi connectivity index (χ3n) is 2.82. The second kappa shape index (κ2) is 6.16. The first-order valence-electron chi connectivity index (χ1n) is 5.72. The molecule has 19 heavy (non-hydrogen) atoms. The van der Waals surface area contributed by atoms with E-state index in [1.807, 2.05) is 6.07 Å². The first-order valence-corrected chi connectivity index (χ1v) is 6.84. The van der Waals surface area contributed by atoms with E-state index in [1.165, 1.54) is 7.11 Å². The standard InChI is InChI=1S/C13H13BrO5/c1-17-13(16)11-10(9(7-14)18-11)19-12(15)8-5-3-2-4-6-8/h2-6,9-11H,7H2,1H3/t9-,10+,11+/m1/s1. The summed E-state index contributed by atoms with van der Waals surface area (Å²) in [5.74, 6) is -1.02. The summed E-state index contributed by atoms with van der Waals surface area (Å²) in [4.78, 5) is 23.4. The van der Waals surface area contributed by atoms with Gasteiger partial charge in [0.25, 0.3) is 0 Å². The molecule has 0 saturated carbocycles. The summed E-state index contributed by atoms with van der Waals surface area (Å²) in [6.07, 6.45) is -1.81. The molecule has 1 aromatic rings. The second-order valence-electron chi connectivity index (χ2n) is 4.01. The average molecular weight is 329 g/mol. The van der Waals surface area contributed by atoms with Crippen molar-refractivity contribution < 1.29 is 23.8 Å². The van der Waals surface area contributed by atoms with Gasteiger partial charge in [-0.3, -0.25) is 0 Å². The van der Waals surface area contributed by atoms with Crippen LogP contribution in [0.25, 0.3) is 0 Å². The molecule has 1 heterocycles. The highest BCUT2D eigenvalue weighted by Gasteiger charge is 2.50. The molecule has 5 nitrogen and oxygen atoms in total. The lowest BCUT2D eigenvalue weighted by atomic mass is 10.0. The fourth-order valence-electron chi connectivity index (χ4n) is 1.78. The topological polar surface area (TPSA) is 61.8 Å². The summed E-state index contributed by atoms with van der Waals surface area (Å²) in [5, 5.41) is 0.479. The van der Waals surface area contributed by atoms with Gasteiger partial charge in [-0.1, -0.05) is 34.1 Å². The first kappa shape index (κ1) is 14.0. The zero-order chi connectivity index (χ0) is 13.8. The van der Waals surface area contributed by atoms with Crippen molar-refractivity contribution in [3.63, 3.8) is 0 Å². The maximum Gasteiger partial charge on any atom is 0.339 e. The van der Waals surface area contributed by atoms with E-state index in [2.05, 4.69) is 20.7 Å². The number of alkyl halides is 1. The lowest BCUT2D eigenvalue weighted by Gasteiger charge is -2.40. The van der Waals surface area contributed by atoms with E-state index in [0.717, 1.165) is 0 Å². The Hall–Kier alpha value is -1.40. The van der Waals surface area contributed by atoms with Gasteiger partial charge in [-0.2, -0.15) is 0 Å². The molecular weight excluding hydrogens is 316 g/mol. The number of benzene rings is 1. The van der Waals surface area contributed by atoms with Crippen molar-refractivity contribution in [1.82, 2.24) is 0 Å². The van der Waals surface area contributed by atoms with Crippen molar-refractivity contribution >= 4 is 27.9 Å². The van der Waals surface area contributed by atoms with Gasteiger partial charge in [0.05, 0.1) is 12.7 Å². The van der Waals surface area contributed by atoms with Crippen LogP contribution in [0.5, 0.6) is 0 Å². The van der Waals surface area contributed by atoms with E-state index in [9.17, 15) is 9.59 Å². The van der Waals surface area contributed by atoms with Crippen LogP contribution >= 0.6 is 15.9 Å². The molecule has 0 bridgehead atoms. The maximum absolute atomic E-state index is 11.9. The smallest absolute Gasteiger partial charge is 0.339 e. The maximum atomic E-state index is 11.9. The van der Waals surface area contributed by atoms with Crippen molar-refractivity contribution in [3.8, 4) is 0 Å². The summed E-state index contributed by atoms with van der Waals surface area (Å²) in [6, 6.07) is 8.60. The summed E-state index contributed by atoms with van der Waals surface area (Å²) in [6.45, 7) is 0. The SMILES string of the molecule is COC(=O)[C@H]1O[C@H](CBr)[C@@H]1OC(=O)c1ccccc1. The van der Waals surface area contributed by atoms with Crippen molar-refractivity contribution in [3.05, 3.63) is 35.9 Å². The molecule has 3 atom stereocenters. The first-order chi connectivity index (χ1) is 9.17. The number of methoxy groups -OCH3 is 1. The minimum atomic E-state index is -0.847. The van der Waals surface area contributed by atoms with Gasteiger partial charge < -0.3 is 14.2 Å². The van der Waals surface area contributed by atoms with E-state index in [0.29, 0.717) is 10.9 Å². The Morgan fingerprint density at radius 1 is 1.32 bits per heavy atom. The predicted molar refractivity (Wildman–Crippen MR) is 70.1 cm³/mol. The third-order valence-corrected chi connectivity index (χ3v) is 3.46. The highest BCUT2D eigenvalue weighted by molar-refractivity contribution is 9.09. The minimum absolute atomic E-state index is 0.336. The largest absolute Gasteiger partial charge is 0.467 e. The molecule has 0 aromatic heterocycles. The van der Waals surface area contributed by atoms with Crippen LogP contribution in [0.4, 0.5) is 0 Å². The molecule has 1 aliphatic heterocycles. The Bertz CT molecular complexity index is 461. The van der Waals surface area contributed by atoms with Crippen LogP contribution < -0.4 is 0 Å². The Morgan fingerprint density at radius 2 is 2.00 bits per heavy atom. The molecule has 1 fully saturated rings. The van der Waals surface area contributed by atoms with E-state index >= 15 is 0 Å². The van der Waals surface area contributed by atoms with Crippen molar-refractivity contribution in [2.45, 2.75) is 18.3 Å². The van der Waals surface area contributed by atoms with Crippen molar-refractivity contribution in [2.24, 2.45) is 0 Å². The summed E-state index contributed by atoms with van der Waals surface area (Å²) >= 11 is 3.24. The van der Waals surface area contributed by atoms with Gasteiger partial charge in [0, 0.05) is 5.33 Å². The lowest BCUT2D eigenvalue weighted by Crippen LogP contribution is -2.60. The number of halogens is 1. The van der Waals surface area contributed by atoms with Crippen LogP contribution in [-0.2, 0) is 19.0 Å². The number of esters is 2. The van der Waals surface area contributed by atoms with Crippen molar-refractivity contribution in [1.29, 1.82) is 0 Å². The fraction of sp³-hybridized carbons (Fsp3) is 0.385. The van der Waals surface area contributed by atoms with Gasteiger partial charge in [-0.05, 0) is 12.1 Å². The molecule has 0 N–H and O–H groups in total. The Labute approximate surface area is 119 Å². The van der Waals surface area contributed by atoms with Crippen LogP contribution in [0.15, 0.2) is 30.3 Å². The molecule has 6 heteroatoms. The molecule has 1 saturated heterocycles. The predicted octanol–water partition coefficient (Wildman–Crippen LogP) is 1.55. The van der Waals surface area contributed by atoms with Gasteiger partial charge in [0.1, 0.15) is 6.10 Å². The quantitative estimate of drug-likeness (QED) is 0.620. The van der Waals surface area contributed by atoms with E-state index in [-0.39, 0.29) is 6.10 Å². The summed E-state index contributed by atoms with van der Waals surface area (Å²) in [7, 11) is 1.27. The van der Waals surface area contributed by atoms with Gasteiger partial charge in [-0.15, -0.1) is 0 Å². The number of carbonyl (C=O) groups excluding carboxylic acids is 2. The van der Waals surface area contributed by atoms with Crippen LogP contribution in [0, 0.1) is 0 Å². The van der Waals surface area contributed by atoms with Gasteiger partial charge in [-0.25, -0.2) is 9.59 Å². The number of ether oxygens (including phenoxy) is 3. The van der Waals surface area contributed by atoms with Crippen LogP contribution in [0.2, 0.25) is 0 Å². The molecular formula is C13H13BrO5. The third kappa shape index (κ3) is 2.96. The summed E-state index contributed by atoms with van der Waals surface area (Å²) in [5.41, 5.74) is 0.436. The van der Waals surface area contributed by atoms with E-state index < -0.39 is 24.1 Å². The molecule has 0 amide bonds. The Kier molecular flexibility index (Phi) is 4.55. The van der Waals surface area contributed by atoms with Gasteiger partial charge in [0.2, 0.25) is 0 Å². The monoisotopic (exact) mass is 328 g/mol. The normalized spacial score (nSPS) is 25.3. The van der Waals surface area contributed by atoms with Crippen molar-refractivity contribution in [2.75, 3.05) is 12.4 Å². The molecule has 0 radical (unpaired) electrons. The molecule has 1 aromatic carbocycles. The minimum Gasteiger partial charge on any atom is -0.467 e. The molecule has 102 valence electrons. The lowest BCUT2D eigenvalue weighted by molar-refractivity contribution is -0.224. The Morgan fingerprint density at radius 3 is 2.58 bits per heavy atom. The molecule has 0 unspecified atom stereocenters. The molecule has 0 aliphatic carbocycles. The number of hydrogen-bond donors (Lipinski definition) is 0. The van der Waals surface area contributed by atoms with E-state index in [4.69, 9.17) is 9.47 Å². The molecule has 1 aliphatic rings. The zero-order valence-corrected chi connectivity index (χ0v) is 11.8.